The first-order chi connectivity index (χ1) is 12.5. The molecule has 0 aliphatic carbocycles. The number of halogens is 3. The van der Waals surface area contributed by atoms with Crippen LogP contribution in [0.3, 0.4) is 0 Å². The Bertz CT molecular complexity index is 1030. The van der Waals surface area contributed by atoms with Crippen molar-refractivity contribution in [2.75, 3.05) is 4.31 Å². The SMILES string of the molecule is CC(C(=O)O)N(c1cc([N+](=O)[O-])ccc1Cl)S(=O)(=O)c1cc(Cl)ccc1Cl. The monoisotopic (exact) mass is 452 g/mol. The van der Waals surface area contributed by atoms with Crippen LogP contribution in [0.25, 0.3) is 0 Å². The molecule has 0 radical (unpaired) electrons. The first-order valence-electron chi connectivity index (χ1n) is 7.13. The summed E-state index contributed by atoms with van der Waals surface area (Å²) in [6.45, 7) is 1.09. The van der Waals surface area contributed by atoms with Gasteiger partial charge in [0.2, 0.25) is 0 Å². The maximum atomic E-state index is 13.2. The van der Waals surface area contributed by atoms with E-state index in [4.69, 9.17) is 34.8 Å². The second-order valence-electron chi connectivity index (χ2n) is 5.28. The summed E-state index contributed by atoms with van der Waals surface area (Å²) in [5.74, 6) is -1.50. The van der Waals surface area contributed by atoms with Gasteiger partial charge < -0.3 is 5.11 Å². The normalized spacial score (nSPS) is 12.4. The molecule has 0 aliphatic heterocycles. The zero-order valence-electron chi connectivity index (χ0n) is 13.5. The molecule has 1 N–H and O–H groups in total. The van der Waals surface area contributed by atoms with Crippen LogP contribution < -0.4 is 4.31 Å². The van der Waals surface area contributed by atoms with Crippen molar-refractivity contribution < 1.29 is 23.2 Å². The van der Waals surface area contributed by atoms with Crippen LogP contribution in [0.4, 0.5) is 11.4 Å². The van der Waals surface area contributed by atoms with Crippen molar-refractivity contribution in [3.8, 4) is 0 Å². The summed E-state index contributed by atoms with van der Waals surface area (Å²) >= 11 is 17.8. The molecule has 0 heterocycles. The van der Waals surface area contributed by atoms with Gasteiger partial charge in [-0.2, -0.15) is 0 Å². The number of non-ortho nitro benzene ring substituents is 1. The highest BCUT2D eigenvalue weighted by atomic mass is 35.5. The van der Waals surface area contributed by atoms with Crippen LogP contribution in [0.15, 0.2) is 41.3 Å². The maximum absolute atomic E-state index is 13.2. The molecular weight excluding hydrogens is 443 g/mol. The largest absolute Gasteiger partial charge is 0.480 e. The zero-order valence-corrected chi connectivity index (χ0v) is 16.6. The third-order valence-corrected chi connectivity index (χ3v) is 6.44. The number of nitro benzene ring substituents is 1. The predicted octanol–water partition coefficient (Wildman–Crippen LogP) is 4.22. The number of sulfonamides is 1. The Morgan fingerprint density at radius 3 is 2.30 bits per heavy atom. The molecule has 0 spiro atoms. The second kappa shape index (κ2) is 7.89. The highest BCUT2D eigenvalue weighted by Crippen LogP contribution is 2.37. The minimum absolute atomic E-state index is 0.0473. The Kier molecular flexibility index (Phi) is 6.21. The molecule has 0 saturated carbocycles. The maximum Gasteiger partial charge on any atom is 0.327 e. The van der Waals surface area contributed by atoms with Crippen molar-refractivity contribution >= 4 is 62.2 Å². The molecule has 0 saturated heterocycles. The van der Waals surface area contributed by atoms with E-state index in [1.165, 1.54) is 12.1 Å². The molecule has 0 aliphatic rings. The standard InChI is InChI=1S/C15H11Cl3N2O6S/c1-8(15(21)22)19(13-7-10(20(23)24)3-5-11(13)17)27(25,26)14-6-9(16)2-4-12(14)18/h2-8H,1H3,(H,21,22). The second-order valence-corrected chi connectivity index (χ2v) is 8.32. The Morgan fingerprint density at radius 2 is 1.74 bits per heavy atom. The number of hydrogen-bond acceptors (Lipinski definition) is 5. The van der Waals surface area contributed by atoms with Crippen molar-refractivity contribution in [3.63, 3.8) is 0 Å². The van der Waals surface area contributed by atoms with E-state index in [-0.39, 0.29) is 20.8 Å². The number of carboxylic acids is 1. The number of carboxylic acid groups (broad SMARTS) is 1. The summed E-state index contributed by atoms with van der Waals surface area (Å²) < 4.78 is 26.8. The van der Waals surface area contributed by atoms with Gasteiger partial charge in [-0.3, -0.25) is 14.4 Å². The predicted molar refractivity (Wildman–Crippen MR) is 101 cm³/mol. The Hall–Kier alpha value is -2.07. The molecule has 2 rings (SSSR count). The summed E-state index contributed by atoms with van der Waals surface area (Å²) in [7, 11) is -4.59. The number of aliphatic carboxylic acids is 1. The molecule has 0 amide bonds. The molecule has 1 atom stereocenters. The van der Waals surface area contributed by atoms with Crippen LogP contribution in [-0.2, 0) is 14.8 Å². The van der Waals surface area contributed by atoms with E-state index in [2.05, 4.69) is 0 Å². The fraction of sp³-hybridized carbons (Fsp3) is 0.133. The van der Waals surface area contributed by atoms with E-state index >= 15 is 0 Å². The minimum Gasteiger partial charge on any atom is -0.480 e. The number of nitro groups is 1. The van der Waals surface area contributed by atoms with Gasteiger partial charge in [0.05, 0.1) is 20.7 Å². The summed E-state index contributed by atoms with van der Waals surface area (Å²) in [4.78, 5) is 21.4. The van der Waals surface area contributed by atoms with Crippen LogP contribution in [0.5, 0.6) is 0 Å². The van der Waals surface area contributed by atoms with E-state index in [0.717, 1.165) is 31.2 Å². The van der Waals surface area contributed by atoms with Crippen LogP contribution in [-0.4, -0.2) is 30.5 Å². The van der Waals surface area contributed by atoms with Crippen molar-refractivity contribution in [3.05, 3.63) is 61.6 Å². The lowest BCUT2D eigenvalue weighted by molar-refractivity contribution is -0.384. The zero-order chi connectivity index (χ0) is 20.5. The van der Waals surface area contributed by atoms with Crippen LogP contribution in [0.2, 0.25) is 15.1 Å². The van der Waals surface area contributed by atoms with E-state index < -0.39 is 37.5 Å². The van der Waals surface area contributed by atoms with E-state index in [1.807, 2.05) is 0 Å². The van der Waals surface area contributed by atoms with Gasteiger partial charge in [-0.05, 0) is 31.2 Å². The summed E-state index contributed by atoms with van der Waals surface area (Å²) in [5.41, 5.74) is -0.846. The van der Waals surface area contributed by atoms with Gasteiger partial charge in [-0.1, -0.05) is 34.8 Å². The van der Waals surface area contributed by atoms with Crippen LogP contribution in [0.1, 0.15) is 6.92 Å². The van der Waals surface area contributed by atoms with E-state index in [0.29, 0.717) is 4.31 Å². The van der Waals surface area contributed by atoms with Crippen LogP contribution in [0, 0.1) is 10.1 Å². The third-order valence-electron chi connectivity index (χ3n) is 3.52. The molecule has 2 aromatic carbocycles. The van der Waals surface area contributed by atoms with Crippen molar-refractivity contribution in [1.82, 2.24) is 0 Å². The first-order valence-corrected chi connectivity index (χ1v) is 9.70. The van der Waals surface area contributed by atoms with E-state index in [1.54, 1.807) is 0 Å². The number of anilines is 1. The smallest absolute Gasteiger partial charge is 0.327 e. The van der Waals surface area contributed by atoms with Crippen molar-refractivity contribution in [2.24, 2.45) is 0 Å². The van der Waals surface area contributed by atoms with Crippen LogP contribution >= 0.6 is 34.8 Å². The van der Waals surface area contributed by atoms with Gasteiger partial charge >= 0.3 is 5.97 Å². The number of rotatable bonds is 6. The molecule has 1 unspecified atom stereocenters. The van der Waals surface area contributed by atoms with Gasteiger partial charge in [0.15, 0.2) is 0 Å². The van der Waals surface area contributed by atoms with Gasteiger partial charge in [-0.15, -0.1) is 0 Å². The highest BCUT2D eigenvalue weighted by Gasteiger charge is 2.36. The van der Waals surface area contributed by atoms with Crippen molar-refractivity contribution in [2.45, 2.75) is 17.9 Å². The quantitative estimate of drug-likeness (QED) is 0.517. The summed E-state index contributed by atoms with van der Waals surface area (Å²) in [6, 6.07) is 5.03. The number of carbonyl (C=O) groups is 1. The topological polar surface area (TPSA) is 118 Å². The Balaban J connectivity index is 2.81. The molecule has 0 aromatic heterocycles. The lowest BCUT2D eigenvalue weighted by atomic mass is 10.2. The van der Waals surface area contributed by atoms with Gasteiger partial charge in [0.1, 0.15) is 10.9 Å². The number of benzene rings is 2. The Labute approximate surface area is 169 Å². The molecule has 12 heteroatoms. The highest BCUT2D eigenvalue weighted by molar-refractivity contribution is 7.93. The lowest BCUT2D eigenvalue weighted by Crippen LogP contribution is -2.43. The Morgan fingerprint density at radius 1 is 1.15 bits per heavy atom. The van der Waals surface area contributed by atoms with E-state index in [9.17, 15) is 28.4 Å². The van der Waals surface area contributed by atoms with Gasteiger partial charge in [-0.25, -0.2) is 13.2 Å². The van der Waals surface area contributed by atoms with Crippen molar-refractivity contribution in [1.29, 1.82) is 0 Å². The average Bonchev–Trinajstić information content (AvgIpc) is 2.58. The minimum atomic E-state index is -4.59. The first kappa shape index (κ1) is 21.2. The fourth-order valence-corrected chi connectivity index (χ4v) is 4.84. The molecule has 2 aromatic rings. The summed E-state index contributed by atoms with van der Waals surface area (Å²) in [5, 5.41) is 20.1. The molecule has 0 bridgehead atoms. The lowest BCUT2D eigenvalue weighted by Gasteiger charge is -2.29. The van der Waals surface area contributed by atoms with Gasteiger partial charge in [0, 0.05) is 17.2 Å². The molecule has 0 fully saturated rings. The molecule has 144 valence electrons. The average molecular weight is 454 g/mol. The molecule has 8 nitrogen and oxygen atoms in total. The number of nitrogens with zero attached hydrogens (tertiary/aromatic N) is 2. The third kappa shape index (κ3) is 4.27. The molecule has 27 heavy (non-hydrogen) atoms. The van der Waals surface area contributed by atoms with Gasteiger partial charge in [0.25, 0.3) is 15.7 Å². The summed E-state index contributed by atoms with van der Waals surface area (Å²) in [6.07, 6.45) is 0. The number of hydrogen-bond donors (Lipinski definition) is 1. The fourth-order valence-electron chi connectivity index (χ4n) is 2.21. The molecular formula is C15H11Cl3N2O6S.